The Morgan fingerprint density at radius 3 is 0.807 bits per heavy atom. The third-order valence-corrected chi connectivity index (χ3v) is 18.1. The van der Waals surface area contributed by atoms with Gasteiger partial charge in [0.25, 0.3) is 0 Å². The molecule has 0 aromatic heterocycles. The molecule has 0 saturated carbocycles. The van der Waals surface area contributed by atoms with E-state index in [1.54, 1.807) is 0 Å². The average molecular weight is 1300 g/mol. The van der Waals surface area contributed by atoms with Crippen molar-refractivity contribution in [3.8, 4) is 0 Å². The van der Waals surface area contributed by atoms with Crippen molar-refractivity contribution in [2.45, 2.75) is 356 Å². The molecule has 0 aliphatic heterocycles. The number of esters is 4. The molecule has 522 valence electrons. The van der Waals surface area contributed by atoms with Crippen LogP contribution in [0.1, 0.15) is 338 Å². The summed E-state index contributed by atoms with van der Waals surface area (Å²) in [5.41, 5.74) is 0. The maximum atomic E-state index is 13.0. The molecule has 0 aromatic rings. The van der Waals surface area contributed by atoms with Gasteiger partial charge in [0.2, 0.25) is 0 Å². The van der Waals surface area contributed by atoms with Crippen LogP contribution < -0.4 is 0 Å². The summed E-state index contributed by atoms with van der Waals surface area (Å²) in [6.45, 7) is 14.0. The van der Waals surface area contributed by atoms with E-state index >= 15 is 0 Å². The molecule has 0 rings (SSSR count). The Labute approximate surface area is 537 Å². The molecular weight excluding hydrogens is 1160 g/mol. The van der Waals surface area contributed by atoms with Gasteiger partial charge < -0.3 is 33.8 Å². The molecule has 88 heavy (non-hydrogen) atoms. The molecule has 0 heterocycles. The second kappa shape index (κ2) is 58.8. The van der Waals surface area contributed by atoms with Crippen LogP contribution in [0.25, 0.3) is 0 Å². The minimum atomic E-state index is -4.95. The minimum absolute atomic E-state index is 0.105. The number of ether oxygens (including phenoxy) is 4. The van der Waals surface area contributed by atoms with Crippen LogP contribution in [-0.4, -0.2) is 96.7 Å². The van der Waals surface area contributed by atoms with Gasteiger partial charge in [-0.05, 0) is 49.4 Å². The highest BCUT2D eigenvalue weighted by atomic mass is 31.2. The smallest absolute Gasteiger partial charge is 0.462 e. The first-order valence-electron chi connectivity index (χ1n) is 35.7. The van der Waals surface area contributed by atoms with Crippen LogP contribution in [0.15, 0.2) is 0 Å². The molecule has 17 nitrogen and oxygen atoms in total. The van der Waals surface area contributed by atoms with Crippen LogP contribution >= 0.6 is 15.6 Å². The second-order valence-corrected chi connectivity index (χ2v) is 29.5. The van der Waals surface area contributed by atoms with Gasteiger partial charge in [-0.1, -0.05) is 287 Å². The first-order valence-corrected chi connectivity index (χ1v) is 38.7. The molecule has 0 amide bonds. The lowest BCUT2D eigenvalue weighted by atomic mass is 9.99. The standard InChI is InChI=1S/C69H134O17P2/c1-9-62(8)48-40-32-23-17-14-15-19-25-36-44-52-69(74)85-64(55-79-66(71)49-41-33-26-20-22-30-38-46-60(4)5)57-83-87(75,76)81-53-63(70)54-82-88(77,78)84-58-65(56-80-67(72)50-42-34-28-27-31-39-47-61(6)7)86-68(73)51-43-35-24-18-13-11-10-12-16-21-29-37-45-59(2)3/h59-65,70H,9-58H2,1-8H3,(H,75,76)(H,77,78)/t62?,63?,64-,65-/m1/s1. The van der Waals surface area contributed by atoms with E-state index in [1.807, 2.05) is 0 Å². The predicted molar refractivity (Wildman–Crippen MR) is 354 cm³/mol. The lowest BCUT2D eigenvalue weighted by Crippen LogP contribution is -2.30. The molecule has 4 unspecified atom stereocenters. The van der Waals surface area contributed by atoms with Crippen LogP contribution in [-0.2, 0) is 65.4 Å². The van der Waals surface area contributed by atoms with Crippen molar-refractivity contribution in [1.82, 2.24) is 0 Å². The molecule has 19 heteroatoms. The maximum absolute atomic E-state index is 13.0. The molecule has 0 saturated heterocycles. The predicted octanol–water partition coefficient (Wildman–Crippen LogP) is 19.3. The number of phosphoric ester groups is 2. The quantitative estimate of drug-likeness (QED) is 0.0222. The lowest BCUT2D eigenvalue weighted by Gasteiger charge is -2.21. The lowest BCUT2D eigenvalue weighted by molar-refractivity contribution is -0.161. The summed E-state index contributed by atoms with van der Waals surface area (Å²) in [5, 5.41) is 10.6. The molecule has 0 radical (unpaired) electrons. The molecule has 6 atom stereocenters. The summed E-state index contributed by atoms with van der Waals surface area (Å²) in [7, 11) is -9.90. The van der Waals surface area contributed by atoms with E-state index in [9.17, 15) is 43.2 Å². The number of hydrogen-bond donors (Lipinski definition) is 3. The van der Waals surface area contributed by atoms with Crippen LogP contribution in [0, 0.1) is 23.7 Å². The van der Waals surface area contributed by atoms with Crippen LogP contribution in [0.4, 0.5) is 0 Å². The number of hydrogen-bond acceptors (Lipinski definition) is 15. The van der Waals surface area contributed by atoms with Crippen LogP contribution in [0.2, 0.25) is 0 Å². The molecule has 0 fully saturated rings. The zero-order chi connectivity index (χ0) is 65.4. The fourth-order valence-electron chi connectivity index (χ4n) is 10.3. The average Bonchev–Trinajstić information content (AvgIpc) is 3.62. The van der Waals surface area contributed by atoms with Crippen LogP contribution in [0.3, 0.4) is 0 Å². The number of aliphatic hydroxyl groups is 1. The molecule has 0 bridgehead atoms. The highest BCUT2D eigenvalue weighted by Crippen LogP contribution is 2.45. The zero-order valence-electron chi connectivity index (χ0n) is 57.3. The highest BCUT2D eigenvalue weighted by molar-refractivity contribution is 7.47. The second-order valence-electron chi connectivity index (χ2n) is 26.6. The SMILES string of the molecule is CCC(C)CCCCCCCCCCCCC(=O)O[C@H](COC(=O)CCCCCCCCCC(C)C)COP(=O)(O)OCC(O)COP(=O)(O)OC[C@@H](COC(=O)CCCCCCCCC(C)C)OC(=O)CCCCCCCCCCCCCCC(C)C. The zero-order valence-corrected chi connectivity index (χ0v) is 59.1. The normalized spacial score (nSPS) is 14.6. The fourth-order valence-corrected chi connectivity index (χ4v) is 11.9. The van der Waals surface area contributed by atoms with Crippen molar-refractivity contribution in [3.05, 3.63) is 0 Å². The summed E-state index contributed by atoms with van der Waals surface area (Å²) >= 11 is 0. The summed E-state index contributed by atoms with van der Waals surface area (Å²) in [6.07, 6.45) is 40.4. The van der Waals surface area contributed by atoms with Gasteiger partial charge in [0, 0.05) is 25.7 Å². The van der Waals surface area contributed by atoms with Crippen molar-refractivity contribution in [2.24, 2.45) is 23.7 Å². The van der Waals surface area contributed by atoms with Gasteiger partial charge in [-0.3, -0.25) is 37.3 Å². The van der Waals surface area contributed by atoms with Gasteiger partial charge in [0.1, 0.15) is 19.3 Å². The van der Waals surface area contributed by atoms with E-state index < -0.39 is 97.5 Å². The van der Waals surface area contributed by atoms with Gasteiger partial charge in [-0.25, -0.2) is 9.13 Å². The monoisotopic (exact) mass is 1300 g/mol. The molecule has 0 spiro atoms. The van der Waals surface area contributed by atoms with Crippen molar-refractivity contribution in [2.75, 3.05) is 39.6 Å². The third kappa shape index (κ3) is 61.6. The number of phosphoric acid groups is 2. The van der Waals surface area contributed by atoms with Gasteiger partial charge in [0.15, 0.2) is 12.2 Å². The number of carbonyl (C=O) groups is 4. The molecule has 0 aliphatic rings. The van der Waals surface area contributed by atoms with Crippen molar-refractivity contribution in [1.29, 1.82) is 0 Å². The Morgan fingerprint density at radius 1 is 0.318 bits per heavy atom. The fraction of sp³-hybridized carbons (Fsp3) is 0.942. The summed E-state index contributed by atoms with van der Waals surface area (Å²) in [6, 6.07) is 0. The van der Waals surface area contributed by atoms with Crippen molar-refractivity contribution in [3.63, 3.8) is 0 Å². The topological polar surface area (TPSA) is 237 Å². The Balaban J connectivity index is 5.24. The van der Waals surface area contributed by atoms with Gasteiger partial charge in [-0.2, -0.15) is 0 Å². The minimum Gasteiger partial charge on any atom is -0.462 e. The number of unbranched alkanes of at least 4 members (excludes halogenated alkanes) is 31. The Kier molecular flexibility index (Phi) is 57.6. The summed E-state index contributed by atoms with van der Waals surface area (Å²) < 4.78 is 68.2. The van der Waals surface area contributed by atoms with E-state index in [-0.39, 0.29) is 25.7 Å². The highest BCUT2D eigenvalue weighted by Gasteiger charge is 2.30. The third-order valence-electron chi connectivity index (χ3n) is 16.2. The van der Waals surface area contributed by atoms with E-state index in [2.05, 4.69) is 55.4 Å². The van der Waals surface area contributed by atoms with Crippen molar-refractivity contribution < 1.29 is 80.2 Å². The first-order chi connectivity index (χ1) is 42.1. The molecular formula is C69H134O17P2. The Bertz CT molecular complexity index is 1750. The van der Waals surface area contributed by atoms with Crippen LogP contribution in [0.5, 0.6) is 0 Å². The Morgan fingerprint density at radius 2 is 0.545 bits per heavy atom. The van der Waals surface area contributed by atoms with Gasteiger partial charge in [-0.15, -0.1) is 0 Å². The maximum Gasteiger partial charge on any atom is 0.472 e. The Hall–Kier alpha value is -1.94. The van der Waals surface area contributed by atoms with Crippen molar-refractivity contribution >= 4 is 39.5 Å². The summed E-state index contributed by atoms with van der Waals surface area (Å²) in [5.74, 6) is 0.831. The van der Waals surface area contributed by atoms with E-state index in [4.69, 9.17) is 37.0 Å². The summed E-state index contributed by atoms with van der Waals surface area (Å²) in [4.78, 5) is 72.4. The molecule has 0 aromatic carbocycles. The largest absolute Gasteiger partial charge is 0.472 e. The number of carbonyl (C=O) groups excluding carboxylic acids is 4. The van der Waals surface area contributed by atoms with E-state index in [1.165, 1.54) is 128 Å². The van der Waals surface area contributed by atoms with Gasteiger partial charge >= 0.3 is 39.5 Å². The van der Waals surface area contributed by atoms with Gasteiger partial charge in [0.05, 0.1) is 26.4 Å². The molecule has 3 N–H and O–H groups in total. The number of aliphatic hydroxyl groups excluding tert-OH is 1. The van der Waals surface area contributed by atoms with E-state index in [0.29, 0.717) is 37.5 Å². The molecule has 0 aliphatic carbocycles. The number of rotatable bonds is 66. The van der Waals surface area contributed by atoms with E-state index in [0.717, 1.165) is 115 Å². The first kappa shape index (κ1) is 86.1.